The molecule has 2 aromatic heterocycles. The van der Waals surface area contributed by atoms with Crippen molar-refractivity contribution < 1.29 is 4.79 Å². The Bertz CT molecular complexity index is 652. The molecular weight excluding hydrogens is 282 g/mol. The molecule has 0 aliphatic heterocycles. The molecule has 0 bridgehead atoms. The van der Waals surface area contributed by atoms with Crippen molar-refractivity contribution in [1.82, 2.24) is 10.3 Å². The molecular formula is C16H21N3OS. The fourth-order valence-corrected chi connectivity index (χ4v) is 4.21. The Hall–Kier alpha value is -1.62. The van der Waals surface area contributed by atoms with Crippen molar-refractivity contribution in [1.29, 1.82) is 0 Å². The molecule has 2 heterocycles. The molecule has 0 aromatic carbocycles. The van der Waals surface area contributed by atoms with Gasteiger partial charge in [0, 0.05) is 24.3 Å². The maximum atomic E-state index is 12.4. The molecule has 0 saturated heterocycles. The third-order valence-corrected chi connectivity index (χ3v) is 5.49. The van der Waals surface area contributed by atoms with Crippen LogP contribution in [0.3, 0.4) is 0 Å². The number of rotatable bonds is 3. The Kier molecular flexibility index (Phi) is 4.10. The first-order chi connectivity index (χ1) is 10.1. The van der Waals surface area contributed by atoms with Crippen LogP contribution < -0.4 is 11.1 Å². The van der Waals surface area contributed by atoms with Gasteiger partial charge in [0.15, 0.2) is 0 Å². The molecule has 21 heavy (non-hydrogen) atoms. The number of nitrogens with two attached hydrogens (primary N) is 1. The third-order valence-electron chi connectivity index (χ3n) is 4.33. The van der Waals surface area contributed by atoms with Gasteiger partial charge in [0.1, 0.15) is 4.88 Å². The molecule has 5 heteroatoms. The average molecular weight is 303 g/mol. The number of pyridine rings is 1. The van der Waals surface area contributed by atoms with Gasteiger partial charge in [0.25, 0.3) is 5.91 Å². The third kappa shape index (κ3) is 3.02. The van der Waals surface area contributed by atoms with E-state index in [-0.39, 0.29) is 5.91 Å². The summed E-state index contributed by atoms with van der Waals surface area (Å²) in [7, 11) is 0. The summed E-state index contributed by atoms with van der Waals surface area (Å²) < 4.78 is 0.964. The summed E-state index contributed by atoms with van der Waals surface area (Å²) >= 11 is 1.42. The maximum absolute atomic E-state index is 12.4. The van der Waals surface area contributed by atoms with Crippen molar-refractivity contribution in [2.75, 3.05) is 12.3 Å². The number of fused-ring (bicyclic) bond motifs is 1. The van der Waals surface area contributed by atoms with E-state index in [0.717, 1.165) is 22.5 Å². The van der Waals surface area contributed by atoms with Crippen LogP contribution in [0, 0.1) is 11.8 Å². The first-order valence-corrected chi connectivity index (χ1v) is 8.37. The van der Waals surface area contributed by atoms with Gasteiger partial charge >= 0.3 is 0 Å². The van der Waals surface area contributed by atoms with E-state index in [1.54, 1.807) is 12.4 Å². The molecule has 1 saturated carbocycles. The number of hydrogen-bond donors (Lipinski definition) is 2. The van der Waals surface area contributed by atoms with Gasteiger partial charge in [-0.2, -0.15) is 0 Å². The fourth-order valence-electron chi connectivity index (χ4n) is 3.20. The Morgan fingerprint density at radius 2 is 2.38 bits per heavy atom. The molecule has 2 aromatic rings. The van der Waals surface area contributed by atoms with E-state index in [2.05, 4.69) is 17.2 Å². The Labute approximate surface area is 128 Å². The number of hydrogen-bond acceptors (Lipinski definition) is 4. The predicted molar refractivity (Wildman–Crippen MR) is 87.5 cm³/mol. The lowest BCUT2D eigenvalue weighted by Crippen LogP contribution is -2.31. The van der Waals surface area contributed by atoms with Crippen molar-refractivity contribution in [3.05, 3.63) is 23.3 Å². The van der Waals surface area contributed by atoms with Gasteiger partial charge in [0.2, 0.25) is 0 Å². The summed E-state index contributed by atoms with van der Waals surface area (Å²) in [6.07, 6.45) is 8.49. The predicted octanol–water partition coefficient (Wildman–Crippen LogP) is 3.43. The van der Waals surface area contributed by atoms with Crippen LogP contribution in [0.25, 0.3) is 10.1 Å². The Morgan fingerprint density at radius 1 is 1.52 bits per heavy atom. The quantitative estimate of drug-likeness (QED) is 0.912. The summed E-state index contributed by atoms with van der Waals surface area (Å²) in [6.45, 7) is 3.06. The molecule has 4 nitrogen and oxygen atoms in total. The zero-order valence-corrected chi connectivity index (χ0v) is 13.1. The highest BCUT2D eigenvalue weighted by Crippen LogP contribution is 2.33. The van der Waals surface area contributed by atoms with Gasteiger partial charge in [-0.1, -0.05) is 19.8 Å². The van der Waals surface area contributed by atoms with E-state index in [1.807, 2.05) is 6.07 Å². The molecule has 0 radical (unpaired) electrons. The fraction of sp³-hybridized carbons (Fsp3) is 0.500. The van der Waals surface area contributed by atoms with Gasteiger partial charge in [-0.15, -0.1) is 11.3 Å². The van der Waals surface area contributed by atoms with Crippen LogP contribution in [0.2, 0.25) is 0 Å². The molecule has 2 atom stereocenters. The zero-order valence-electron chi connectivity index (χ0n) is 12.3. The van der Waals surface area contributed by atoms with Crippen LogP contribution in [-0.2, 0) is 0 Å². The largest absolute Gasteiger partial charge is 0.397 e. The van der Waals surface area contributed by atoms with Gasteiger partial charge in [-0.3, -0.25) is 9.78 Å². The lowest BCUT2D eigenvalue weighted by atomic mass is 9.82. The number of amides is 1. The second-order valence-electron chi connectivity index (χ2n) is 6.06. The molecule has 1 aliphatic carbocycles. The molecule has 1 fully saturated rings. The number of nitrogens with zero attached hydrogens (tertiary/aromatic N) is 1. The lowest BCUT2D eigenvalue weighted by molar-refractivity contribution is 0.0945. The van der Waals surface area contributed by atoms with E-state index in [1.165, 1.54) is 37.0 Å². The highest BCUT2D eigenvalue weighted by atomic mass is 32.1. The second kappa shape index (κ2) is 6.02. The number of nitrogen functional groups attached to an aromatic ring is 1. The Morgan fingerprint density at radius 3 is 3.14 bits per heavy atom. The molecule has 1 amide bonds. The van der Waals surface area contributed by atoms with Gasteiger partial charge in [-0.05, 0) is 30.7 Å². The van der Waals surface area contributed by atoms with Crippen molar-refractivity contribution in [2.24, 2.45) is 11.8 Å². The van der Waals surface area contributed by atoms with Gasteiger partial charge < -0.3 is 11.1 Å². The normalized spacial score (nSPS) is 22.3. The zero-order chi connectivity index (χ0) is 14.8. The average Bonchev–Trinajstić information content (AvgIpc) is 2.83. The first-order valence-electron chi connectivity index (χ1n) is 7.55. The number of thiophene rings is 1. The lowest BCUT2D eigenvalue weighted by Gasteiger charge is -2.26. The topological polar surface area (TPSA) is 68.0 Å². The standard InChI is InChI=1S/C16H21N3OS/c1-10-3-2-4-11(7-10)8-19-16(20)15-14(17)12-5-6-18-9-13(12)21-15/h5-6,9-11H,2-4,7-8,17H2,1H3,(H,19,20). The van der Waals surface area contributed by atoms with Crippen LogP contribution in [0.1, 0.15) is 42.3 Å². The summed E-state index contributed by atoms with van der Waals surface area (Å²) in [5.74, 6) is 1.34. The number of aromatic nitrogens is 1. The van der Waals surface area contributed by atoms with Gasteiger partial charge in [0.05, 0.1) is 10.4 Å². The van der Waals surface area contributed by atoms with Gasteiger partial charge in [-0.25, -0.2) is 0 Å². The van der Waals surface area contributed by atoms with E-state index < -0.39 is 0 Å². The van der Waals surface area contributed by atoms with E-state index >= 15 is 0 Å². The monoisotopic (exact) mass is 303 g/mol. The number of carbonyl (C=O) groups excluding carboxylic acids is 1. The summed E-state index contributed by atoms with van der Waals surface area (Å²) in [5.41, 5.74) is 6.67. The number of nitrogens with one attached hydrogen (secondary N) is 1. The second-order valence-corrected chi connectivity index (χ2v) is 7.12. The summed E-state index contributed by atoms with van der Waals surface area (Å²) in [6, 6.07) is 1.86. The SMILES string of the molecule is CC1CCCC(CNC(=O)c2sc3cnccc3c2N)C1. The van der Waals surface area contributed by atoms with Crippen LogP contribution in [0.15, 0.2) is 18.5 Å². The van der Waals surface area contributed by atoms with E-state index in [9.17, 15) is 4.79 Å². The molecule has 2 unspecified atom stereocenters. The van der Waals surface area contributed by atoms with Crippen LogP contribution in [0.4, 0.5) is 5.69 Å². The minimum atomic E-state index is -0.0491. The van der Waals surface area contributed by atoms with Crippen LogP contribution >= 0.6 is 11.3 Å². The Balaban J connectivity index is 1.68. The van der Waals surface area contributed by atoms with Crippen molar-refractivity contribution in [2.45, 2.75) is 32.6 Å². The number of anilines is 1. The minimum Gasteiger partial charge on any atom is -0.397 e. The molecule has 3 N–H and O–H groups in total. The minimum absolute atomic E-state index is 0.0491. The summed E-state index contributed by atoms with van der Waals surface area (Å²) in [4.78, 5) is 17.0. The number of carbonyl (C=O) groups is 1. The first kappa shape index (κ1) is 14.3. The molecule has 0 spiro atoms. The highest BCUT2D eigenvalue weighted by molar-refractivity contribution is 7.21. The summed E-state index contributed by atoms with van der Waals surface area (Å²) in [5, 5.41) is 3.98. The smallest absolute Gasteiger partial charge is 0.263 e. The van der Waals surface area contributed by atoms with Crippen molar-refractivity contribution >= 4 is 33.0 Å². The van der Waals surface area contributed by atoms with Crippen molar-refractivity contribution in [3.63, 3.8) is 0 Å². The van der Waals surface area contributed by atoms with E-state index in [4.69, 9.17) is 5.73 Å². The molecule has 112 valence electrons. The maximum Gasteiger partial charge on any atom is 0.263 e. The van der Waals surface area contributed by atoms with E-state index in [0.29, 0.717) is 16.5 Å². The van der Waals surface area contributed by atoms with Crippen LogP contribution in [-0.4, -0.2) is 17.4 Å². The molecule has 3 rings (SSSR count). The molecule has 1 aliphatic rings. The van der Waals surface area contributed by atoms with Crippen LogP contribution in [0.5, 0.6) is 0 Å². The van der Waals surface area contributed by atoms with Crippen molar-refractivity contribution in [3.8, 4) is 0 Å². The highest BCUT2D eigenvalue weighted by Gasteiger charge is 2.21.